The van der Waals surface area contributed by atoms with Gasteiger partial charge in [-0.3, -0.25) is 0 Å². The molecule has 0 fully saturated rings. The van der Waals surface area contributed by atoms with Gasteiger partial charge in [0.2, 0.25) is 0 Å². The normalized spacial score (nSPS) is 11.6. The summed E-state index contributed by atoms with van der Waals surface area (Å²) in [5.41, 5.74) is 0.199. The molecule has 1 rings (SSSR count). The molecule has 0 saturated heterocycles. The van der Waals surface area contributed by atoms with E-state index < -0.39 is 11.7 Å². The van der Waals surface area contributed by atoms with Crippen molar-refractivity contribution in [3.8, 4) is 0 Å². The third kappa shape index (κ3) is 5.87. The molecule has 1 aromatic rings. The molecule has 0 saturated carbocycles. The number of hydrogen-bond acceptors (Lipinski definition) is 2. The fourth-order valence-electron chi connectivity index (χ4n) is 1.29. The lowest BCUT2D eigenvalue weighted by Gasteiger charge is -2.19. The van der Waals surface area contributed by atoms with Crippen molar-refractivity contribution in [2.75, 3.05) is 6.54 Å². The number of amides is 1. The topological polar surface area (TPSA) is 38.3 Å². The summed E-state index contributed by atoms with van der Waals surface area (Å²) in [5, 5.41) is 2.59. The molecular formula is C14H17BrFNO2. The Balaban J connectivity index is 2.47. The van der Waals surface area contributed by atoms with Crippen molar-refractivity contribution in [1.82, 2.24) is 5.32 Å². The number of hydrogen-bond donors (Lipinski definition) is 1. The number of carbonyl (C=O) groups is 1. The van der Waals surface area contributed by atoms with Crippen molar-refractivity contribution in [1.29, 1.82) is 0 Å². The Morgan fingerprint density at radius 2 is 2.16 bits per heavy atom. The largest absolute Gasteiger partial charge is 0.444 e. The zero-order chi connectivity index (χ0) is 14.5. The zero-order valence-corrected chi connectivity index (χ0v) is 12.8. The van der Waals surface area contributed by atoms with Gasteiger partial charge in [-0.2, -0.15) is 0 Å². The van der Waals surface area contributed by atoms with Crippen LogP contribution in [0.5, 0.6) is 0 Å². The molecule has 0 atom stereocenters. The quantitative estimate of drug-likeness (QED) is 0.905. The molecule has 104 valence electrons. The summed E-state index contributed by atoms with van der Waals surface area (Å²) in [6, 6.07) is 4.78. The molecular weight excluding hydrogens is 313 g/mol. The fourth-order valence-corrected chi connectivity index (χ4v) is 1.69. The summed E-state index contributed by atoms with van der Waals surface area (Å²) >= 11 is 3.16. The Morgan fingerprint density at radius 1 is 1.47 bits per heavy atom. The van der Waals surface area contributed by atoms with Gasteiger partial charge in [-0.15, -0.1) is 0 Å². The Labute approximate surface area is 121 Å². The van der Waals surface area contributed by atoms with Gasteiger partial charge in [-0.05, 0) is 48.3 Å². The molecule has 0 bridgehead atoms. The second-order valence-corrected chi connectivity index (χ2v) is 5.72. The Bertz CT molecular complexity index is 481. The highest BCUT2D eigenvalue weighted by atomic mass is 79.9. The van der Waals surface area contributed by atoms with Crippen LogP contribution in [0.3, 0.4) is 0 Å². The van der Waals surface area contributed by atoms with E-state index in [0.717, 1.165) is 0 Å². The summed E-state index contributed by atoms with van der Waals surface area (Å²) in [4.78, 5) is 11.4. The van der Waals surface area contributed by atoms with Crippen molar-refractivity contribution in [2.45, 2.75) is 26.4 Å². The number of carbonyl (C=O) groups excluding carboxylic acids is 1. The van der Waals surface area contributed by atoms with Crippen LogP contribution in [0.25, 0.3) is 6.08 Å². The average molecular weight is 330 g/mol. The molecule has 0 aliphatic carbocycles. The first-order valence-corrected chi connectivity index (χ1v) is 6.66. The maximum atomic E-state index is 13.2. The highest BCUT2D eigenvalue weighted by Gasteiger charge is 2.14. The number of benzene rings is 1. The highest BCUT2D eigenvalue weighted by molar-refractivity contribution is 9.10. The van der Waals surface area contributed by atoms with Crippen molar-refractivity contribution in [3.05, 3.63) is 40.1 Å². The van der Waals surface area contributed by atoms with Crippen molar-refractivity contribution >= 4 is 28.1 Å². The number of rotatable bonds is 3. The minimum Gasteiger partial charge on any atom is -0.444 e. The smallest absolute Gasteiger partial charge is 0.407 e. The van der Waals surface area contributed by atoms with Gasteiger partial charge >= 0.3 is 6.09 Å². The highest BCUT2D eigenvalue weighted by Crippen LogP contribution is 2.21. The summed E-state index contributed by atoms with van der Waals surface area (Å²) in [6.07, 6.45) is 2.98. The van der Waals surface area contributed by atoms with Crippen LogP contribution in [-0.2, 0) is 4.74 Å². The van der Waals surface area contributed by atoms with E-state index in [1.54, 1.807) is 45.1 Å². The van der Waals surface area contributed by atoms with Crippen LogP contribution in [0.1, 0.15) is 26.3 Å². The van der Waals surface area contributed by atoms with Gasteiger partial charge in [0.15, 0.2) is 0 Å². The van der Waals surface area contributed by atoms with E-state index >= 15 is 0 Å². The molecule has 3 nitrogen and oxygen atoms in total. The lowest BCUT2D eigenvalue weighted by molar-refractivity contribution is 0.0534. The van der Waals surface area contributed by atoms with Crippen LogP contribution < -0.4 is 5.32 Å². The Kier molecular flexibility index (Phi) is 5.54. The SMILES string of the molecule is CC(C)(C)OC(=O)NCC=Cc1cccc(F)c1Br. The van der Waals surface area contributed by atoms with Crippen LogP contribution in [0.15, 0.2) is 28.7 Å². The van der Waals surface area contributed by atoms with Gasteiger partial charge in [-0.1, -0.05) is 24.3 Å². The minimum absolute atomic E-state index is 0.317. The summed E-state index contributed by atoms with van der Waals surface area (Å²) < 4.78 is 18.7. The Hall–Kier alpha value is -1.36. The third-order valence-electron chi connectivity index (χ3n) is 2.04. The number of alkyl carbamates (subject to hydrolysis) is 1. The zero-order valence-electron chi connectivity index (χ0n) is 11.2. The number of nitrogens with one attached hydrogen (secondary N) is 1. The second-order valence-electron chi connectivity index (χ2n) is 4.93. The van der Waals surface area contributed by atoms with Crippen LogP contribution in [0.2, 0.25) is 0 Å². The summed E-state index contributed by atoms with van der Waals surface area (Å²) in [5.74, 6) is -0.317. The van der Waals surface area contributed by atoms with E-state index in [4.69, 9.17) is 4.74 Å². The first-order chi connectivity index (χ1) is 8.79. The molecule has 0 aromatic heterocycles. The van der Waals surface area contributed by atoms with Crippen LogP contribution in [0, 0.1) is 5.82 Å². The second kappa shape index (κ2) is 6.70. The van der Waals surface area contributed by atoms with Gasteiger partial charge in [0, 0.05) is 6.54 Å². The predicted octanol–water partition coefficient (Wildman–Crippen LogP) is 4.13. The summed E-state index contributed by atoms with van der Waals surface area (Å²) in [7, 11) is 0. The molecule has 0 unspecified atom stereocenters. The van der Waals surface area contributed by atoms with E-state index in [2.05, 4.69) is 21.2 Å². The molecule has 1 amide bonds. The predicted molar refractivity (Wildman–Crippen MR) is 77.4 cm³/mol. The van der Waals surface area contributed by atoms with Gasteiger partial charge in [0.25, 0.3) is 0 Å². The monoisotopic (exact) mass is 329 g/mol. The summed E-state index contributed by atoms with van der Waals surface area (Å²) in [6.45, 7) is 5.71. The fraction of sp³-hybridized carbons (Fsp3) is 0.357. The number of ether oxygens (including phenoxy) is 1. The van der Waals surface area contributed by atoms with Gasteiger partial charge < -0.3 is 10.1 Å². The van der Waals surface area contributed by atoms with E-state index in [0.29, 0.717) is 16.6 Å². The first-order valence-electron chi connectivity index (χ1n) is 5.87. The molecule has 5 heteroatoms. The molecule has 0 aliphatic heterocycles. The van der Waals surface area contributed by atoms with Crippen molar-refractivity contribution in [2.24, 2.45) is 0 Å². The van der Waals surface area contributed by atoms with Gasteiger partial charge in [0.1, 0.15) is 11.4 Å². The molecule has 0 aliphatic rings. The van der Waals surface area contributed by atoms with Gasteiger partial charge in [-0.25, -0.2) is 9.18 Å². The van der Waals surface area contributed by atoms with E-state index in [1.165, 1.54) is 6.07 Å². The van der Waals surface area contributed by atoms with Crippen molar-refractivity contribution in [3.63, 3.8) is 0 Å². The van der Waals surface area contributed by atoms with Crippen LogP contribution in [0.4, 0.5) is 9.18 Å². The average Bonchev–Trinajstić information content (AvgIpc) is 2.27. The van der Waals surface area contributed by atoms with E-state index in [-0.39, 0.29) is 5.82 Å². The van der Waals surface area contributed by atoms with Gasteiger partial charge in [0.05, 0.1) is 4.47 Å². The molecule has 0 spiro atoms. The minimum atomic E-state index is -0.514. The number of halogens is 2. The molecule has 0 radical (unpaired) electrons. The standard InChI is InChI=1S/C14H17BrFNO2/c1-14(2,3)19-13(18)17-9-5-7-10-6-4-8-11(16)12(10)15/h4-8H,9H2,1-3H3,(H,17,18). The maximum absolute atomic E-state index is 13.2. The Morgan fingerprint density at radius 3 is 2.79 bits per heavy atom. The van der Waals surface area contributed by atoms with Crippen molar-refractivity contribution < 1.29 is 13.9 Å². The molecule has 19 heavy (non-hydrogen) atoms. The maximum Gasteiger partial charge on any atom is 0.407 e. The van der Waals surface area contributed by atoms with E-state index in [1.807, 2.05) is 0 Å². The molecule has 0 heterocycles. The van der Waals surface area contributed by atoms with Crippen LogP contribution >= 0.6 is 15.9 Å². The molecule has 1 N–H and O–H groups in total. The van der Waals surface area contributed by atoms with E-state index in [9.17, 15) is 9.18 Å². The molecule has 1 aromatic carbocycles. The third-order valence-corrected chi connectivity index (χ3v) is 2.88. The van der Waals surface area contributed by atoms with Crippen LogP contribution in [-0.4, -0.2) is 18.2 Å². The lowest BCUT2D eigenvalue weighted by atomic mass is 10.2. The lowest BCUT2D eigenvalue weighted by Crippen LogP contribution is -2.32. The first kappa shape index (κ1) is 15.7.